The van der Waals surface area contributed by atoms with Crippen LogP contribution in [0.15, 0.2) is 12.1 Å². The number of hydrogen-bond acceptors (Lipinski definition) is 3. The van der Waals surface area contributed by atoms with Crippen molar-refractivity contribution in [2.45, 2.75) is 85.7 Å². The van der Waals surface area contributed by atoms with E-state index in [1.807, 2.05) is 12.1 Å². The van der Waals surface area contributed by atoms with Crippen LogP contribution in [0.3, 0.4) is 0 Å². The van der Waals surface area contributed by atoms with E-state index >= 15 is 0 Å². The van der Waals surface area contributed by atoms with Crippen molar-refractivity contribution in [3.63, 3.8) is 0 Å². The quantitative estimate of drug-likeness (QED) is 0.543. The van der Waals surface area contributed by atoms with E-state index in [9.17, 15) is 9.90 Å². The third-order valence-electron chi connectivity index (χ3n) is 6.02. The number of rotatable bonds is 9. The number of Topliss-reactive ketones (excluding diaryl/α,β-unsaturated/α-hetero) is 1. The van der Waals surface area contributed by atoms with E-state index in [0.29, 0.717) is 29.1 Å². The number of aromatic hydroxyl groups is 1. The van der Waals surface area contributed by atoms with Gasteiger partial charge in [0.1, 0.15) is 12.4 Å². The Morgan fingerprint density at radius 2 is 1.74 bits per heavy atom. The molecule has 152 valence electrons. The van der Waals surface area contributed by atoms with E-state index in [-0.39, 0.29) is 18.5 Å². The zero-order valence-electron chi connectivity index (χ0n) is 17.9. The smallest absolute Gasteiger partial charge is 0.188 e. The number of phenols is 1. The Morgan fingerprint density at radius 3 is 2.26 bits per heavy atom. The molecule has 27 heavy (non-hydrogen) atoms. The number of ketones is 1. The lowest BCUT2D eigenvalue weighted by Crippen LogP contribution is -2.35. The van der Waals surface area contributed by atoms with E-state index in [2.05, 4.69) is 34.6 Å². The Bertz CT molecular complexity index is 593. The van der Waals surface area contributed by atoms with Gasteiger partial charge >= 0.3 is 0 Å². The van der Waals surface area contributed by atoms with Gasteiger partial charge in [-0.2, -0.15) is 0 Å². The molecule has 3 nitrogen and oxygen atoms in total. The van der Waals surface area contributed by atoms with Gasteiger partial charge in [0.05, 0.1) is 6.10 Å². The minimum atomic E-state index is 0.0328. The maximum Gasteiger partial charge on any atom is 0.188 e. The fourth-order valence-electron chi connectivity index (χ4n) is 4.41. The molecule has 1 aromatic carbocycles. The van der Waals surface area contributed by atoms with Crippen molar-refractivity contribution >= 4 is 5.78 Å². The Labute approximate surface area is 165 Å². The molecule has 0 unspecified atom stereocenters. The average Bonchev–Trinajstić information content (AvgIpc) is 2.63. The first-order chi connectivity index (χ1) is 12.9. The lowest BCUT2D eigenvalue weighted by Gasteiger charge is -2.37. The minimum Gasteiger partial charge on any atom is -0.507 e. The van der Waals surface area contributed by atoms with Crippen molar-refractivity contribution < 1.29 is 14.6 Å². The SMILES string of the molecule is CCCc1cc(C(=O)CO[C@@H]2C[C@H](C)CC[C@H]2C(C)C)cc(CCC)c1O. The number of benzene rings is 1. The number of hydrogen-bond donors (Lipinski definition) is 1. The van der Waals surface area contributed by atoms with Crippen molar-refractivity contribution in [1.29, 1.82) is 0 Å². The predicted molar refractivity (Wildman–Crippen MR) is 112 cm³/mol. The number of ether oxygens (including phenoxy) is 1. The van der Waals surface area contributed by atoms with E-state index in [1.165, 1.54) is 12.8 Å². The first kappa shape index (κ1) is 21.9. The zero-order chi connectivity index (χ0) is 20.0. The maximum atomic E-state index is 12.9. The van der Waals surface area contributed by atoms with Gasteiger partial charge in [0.25, 0.3) is 0 Å². The molecule has 0 aromatic heterocycles. The van der Waals surface area contributed by atoms with E-state index < -0.39 is 0 Å². The molecule has 1 aromatic rings. The monoisotopic (exact) mass is 374 g/mol. The summed E-state index contributed by atoms with van der Waals surface area (Å²) >= 11 is 0. The highest BCUT2D eigenvalue weighted by atomic mass is 16.5. The van der Waals surface area contributed by atoms with Crippen LogP contribution >= 0.6 is 0 Å². The Kier molecular flexibility index (Phi) is 8.34. The third-order valence-corrected chi connectivity index (χ3v) is 6.02. The second-order valence-electron chi connectivity index (χ2n) is 8.74. The van der Waals surface area contributed by atoms with Crippen molar-refractivity contribution in [2.75, 3.05) is 6.61 Å². The average molecular weight is 375 g/mol. The fourth-order valence-corrected chi connectivity index (χ4v) is 4.41. The summed E-state index contributed by atoms with van der Waals surface area (Å²) in [5.74, 6) is 2.20. The Morgan fingerprint density at radius 1 is 1.15 bits per heavy atom. The molecule has 0 spiro atoms. The van der Waals surface area contributed by atoms with Crippen LogP contribution < -0.4 is 0 Å². The molecule has 2 rings (SSSR count). The molecule has 1 N–H and O–H groups in total. The van der Waals surface area contributed by atoms with Gasteiger partial charge in [0, 0.05) is 5.56 Å². The fraction of sp³-hybridized carbons (Fsp3) is 0.708. The van der Waals surface area contributed by atoms with Crippen molar-refractivity contribution in [2.24, 2.45) is 17.8 Å². The van der Waals surface area contributed by atoms with Crippen LogP contribution in [0.25, 0.3) is 0 Å². The van der Waals surface area contributed by atoms with Gasteiger partial charge in [-0.25, -0.2) is 0 Å². The van der Waals surface area contributed by atoms with Crippen molar-refractivity contribution in [3.8, 4) is 5.75 Å². The molecule has 1 fully saturated rings. The van der Waals surface area contributed by atoms with E-state index in [0.717, 1.165) is 43.2 Å². The molecule has 0 aliphatic heterocycles. The molecule has 1 saturated carbocycles. The molecule has 1 aliphatic rings. The summed E-state index contributed by atoms with van der Waals surface area (Å²) in [5.41, 5.74) is 2.46. The van der Waals surface area contributed by atoms with Crippen LogP contribution in [0.4, 0.5) is 0 Å². The molecule has 0 amide bonds. The molecule has 0 heterocycles. The highest BCUT2D eigenvalue weighted by Crippen LogP contribution is 2.35. The first-order valence-electron chi connectivity index (χ1n) is 10.9. The lowest BCUT2D eigenvalue weighted by atomic mass is 9.75. The van der Waals surface area contributed by atoms with E-state index in [1.54, 1.807) is 0 Å². The van der Waals surface area contributed by atoms with Gasteiger partial charge in [0.2, 0.25) is 0 Å². The highest BCUT2D eigenvalue weighted by Gasteiger charge is 2.31. The normalized spacial score (nSPS) is 23.0. The largest absolute Gasteiger partial charge is 0.507 e. The topological polar surface area (TPSA) is 46.5 Å². The molecule has 3 heteroatoms. The van der Waals surface area contributed by atoms with Gasteiger partial charge in [-0.1, -0.05) is 53.9 Å². The first-order valence-corrected chi connectivity index (χ1v) is 10.9. The van der Waals surface area contributed by atoms with Crippen LogP contribution in [0.5, 0.6) is 5.75 Å². The molecule has 3 atom stereocenters. The molecule has 0 radical (unpaired) electrons. The van der Waals surface area contributed by atoms with Crippen LogP contribution in [0.2, 0.25) is 0 Å². The van der Waals surface area contributed by atoms with Crippen LogP contribution in [0, 0.1) is 17.8 Å². The predicted octanol–water partition coefficient (Wildman–Crippen LogP) is 5.96. The zero-order valence-corrected chi connectivity index (χ0v) is 17.9. The maximum absolute atomic E-state index is 12.9. The van der Waals surface area contributed by atoms with Gasteiger partial charge in [0.15, 0.2) is 5.78 Å². The summed E-state index contributed by atoms with van der Waals surface area (Å²) < 4.78 is 6.16. The second kappa shape index (κ2) is 10.3. The lowest BCUT2D eigenvalue weighted by molar-refractivity contribution is -0.0309. The Balaban J connectivity index is 2.12. The van der Waals surface area contributed by atoms with Gasteiger partial charge in [-0.3, -0.25) is 4.79 Å². The summed E-state index contributed by atoms with van der Waals surface area (Å²) in [6.45, 7) is 11.1. The summed E-state index contributed by atoms with van der Waals surface area (Å²) in [7, 11) is 0. The molecule has 0 saturated heterocycles. The number of carbonyl (C=O) groups is 1. The summed E-state index contributed by atoms with van der Waals surface area (Å²) in [5, 5.41) is 10.5. The number of carbonyl (C=O) groups excluding carboxylic acids is 1. The van der Waals surface area contributed by atoms with Gasteiger partial charge in [-0.05, 0) is 66.7 Å². The van der Waals surface area contributed by atoms with Crippen LogP contribution in [-0.2, 0) is 17.6 Å². The molecule has 1 aliphatic carbocycles. The van der Waals surface area contributed by atoms with Crippen LogP contribution in [-0.4, -0.2) is 23.6 Å². The standard InChI is InChI=1S/C24H38O3/c1-6-8-18-13-20(14-19(9-7-2)24(18)26)22(25)15-27-23-12-17(5)10-11-21(23)16(3)4/h13-14,16-17,21,23,26H,6-12,15H2,1-5H3/t17-,21+,23-/m1/s1. The number of phenolic OH excluding ortho intramolecular Hbond substituents is 1. The summed E-state index contributed by atoms with van der Waals surface area (Å²) in [6.07, 6.45) is 7.16. The highest BCUT2D eigenvalue weighted by molar-refractivity contribution is 5.97. The van der Waals surface area contributed by atoms with Crippen LogP contribution in [0.1, 0.15) is 88.2 Å². The third kappa shape index (κ3) is 5.81. The summed E-state index contributed by atoms with van der Waals surface area (Å²) in [4.78, 5) is 12.9. The van der Waals surface area contributed by atoms with Crippen molar-refractivity contribution in [3.05, 3.63) is 28.8 Å². The summed E-state index contributed by atoms with van der Waals surface area (Å²) in [6, 6.07) is 3.74. The molecular formula is C24H38O3. The molecular weight excluding hydrogens is 336 g/mol. The molecule has 0 bridgehead atoms. The number of aryl methyl sites for hydroxylation is 2. The minimum absolute atomic E-state index is 0.0328. The van der Waals surface area contributed by atoms with E-state index in [4.69, 9.17) is 4.74 Å². The van der Waals surface area contributed by atoms with Crippen molar-refractivity contribution in [1.82, 2.24) is 0 Å². The van der Waals surface area contributed by atoms with Gasteiger partial charge in [-0.15, -0.1) is 0 Å². The van der Waals surface area contributed by atoms with Gasteiger partial charge < -0.3 is 9.84 Å². The Hall–Kier alpha value is -1.35. The second-order valence-corrected chi connectivity index (χ2v) is 8.74.